The van der Waals surface area contributed by atoms with Gasteiger partial charge in [-0.3, -0.25) is 4.57 Å². The Morgan fingerprint density at radius 2 is 1.67 bits per heavy atom. The summed E-state index contributed by atoms with van der Waals surface area (Å²) in [5.74, 6) is -2.02. The SMILES string of the molecule is CC(C)=C(C)C(Cl)=CP(=O)(Cl)Cl. The Balaban J connectivity index is 4.86. The summed E-state index contributed by atoms with van der Waals surface area (Å²) in [7, 11) is 0. The summed E-state index contributed by atoms with van der Waals surface area (Å²) in [6, 6.07) is 0. The number of rotatable bonds is 2. The van der Waals surface area contributed by atoms with E-state index in [9.17, 15) is 4.57 Å². The van der Waals surface area contributed by atoms with Crippen LogP contribution in [0.25, 0.3) is 0 Å². The maximum Gasteiger partial charge on any atom is 0.276 e. The fourth-order valence-electron chi connectivity index (χ4n) is 0.468. The lowest BCUT2D eigenvalue weighted by Gasteiger charge is -2.01. The molecule has 0 aromatic carbocycles. The maximum atomic E-state index is 10.9. The van der Waals surface area contributed by atoms with Crippen LogP contribution in [0.5, 0.6) is 0 Å². The fraction of sp³-hybridized carbons (Fsp3) is 0.429. The maximum absolute atomic E-state index is 10.9. The van der Waals surface area contributed by atoms with E-state index in [2.05, 4.69) is 0 Å². The number of halogens is 3. The lowest BCUT2D eigenvalue weighted by molar-refractivity contribution is 0.597. The van der Waals surface area contributed by atoms with Gasteiger partial charge >= 0.3 is 0 Å². The van der Waals surface area contributed by atoms with Crippen molar-refractivity contribution < 1.29 is 4.57 Å². The van der Waals surface area contributed by atoms with Gasteiger partial charge in [0, 0.05) is 10.8 Å². The molecule has 0 aromatic rings. The van der Waals surface area contributed by atoms with Crippen molar-refractivity contribution >= 4 is 39.9 Å². The summed E-state index contributed by atoms with van der Waals surface area (Å²) in [5.41, 5.74) is 1.89. The first-order valence-corrected chi connectivity index (χ1v) is 7.22. The lowest BCUT2D eigenvalue weighted by Crippen LogP contribution is -1.78. The molecule has 0 saturated carbocycles. The topological polar surface area (TPSA) is 17.1 Å². The molecule has 0 atom stereocenters. The summed E-state index contributed by atoms with van der Waals surface area (Å²) in [6.45, 7) is 5.62. The van der Waals surface area contributed by atoms with E-state index in [1.165, 1.54) is 5.82 Å². The number of allylic oxidation sites excluding steroid dienone is 3. The second kappa shape index (κ2) is 4.72. The molecule has 0 heterocycles. The molecule has 0 rings (SSSR count). The van der Waals surface area contributed by atoms with Gasteiger partial charge in [0.25, 0.3) is 5.85 Å². The molecule has 0 amide bonds. The standard InChI is InChI=1S/C7H10Cl3OP/c1-5(2)6(3)7(8)4-12(9,10)11/h4H,1-3H3. The van der Waals surface area contributed by atoms with E-state index in [4.69, 9.17) is 34.1 Å². The predicted octanol–water partition coefficient (Wildman–Crippen LogP) is 5.09. The van der Waals surface area contributed by atoms with E-state index in [0.717, 1.165) is 11.1 Å². The van der Waals surface area contributed by atoms with Crippen LogP contribution in [0.1, 0.15) is 20.8 Å². The highest BCUT2D eigenvalue weighted by atomic mass is 35.9. The molecule has 12 heavy (non-hydrogen) atoms. The molecule has 0 N–H and O–H groups in total. The minimum absolute atomic E-state index is 0.350. The Bertz CT molecular complexity index is 270. The van der Waals surface area contributed by atoms with Gasteiger partial charge in [0.2, 0.25) is 0 Å². The highest BCUT2D eigenvalue weighted by Gasteiger charge is 2.11. The molecule has 1 nitrogen and oxygen atoms in total. The van der Waals surface area contributed by atoms with Gasteiger partial charge in [-0.2, -0.15) is 0 Å². The summed E-state index contributed by atoms with van der Waals surface area (Å²) < 4.78 is 10.9. The Hall–Kier alpha value is 0.580. The highest BCUT2D eigenvalue weighted by molar-refractivity contribution is 8.10. The smallest absolute Gasteiger partial charge is 0.276 e. The Labute approximate surface area is 87.3 Å². The van der Waals surface area contributed by atoms with Crippen molar-refractivity contribution in [1.82, 2.24) is 0 Å². The van der Waals surface area contributed by atoms with Gasteiger partial charge in [-0.15, -0.1) is 0 Å². The van der Waals surface area contributed by atoms with E-state index < -0.39 is 5.85 Å². The lowest BCUT2D eigenvalue weighted by atomic mass is 10.2. The van der Waals surface area contributed by atoms with Gasteiger partial charge in [-0.25, -0.2) is 0 Å². The van der Waals surface area contributed by atoms with Gasteiger partial charge in [-0.1, -0.05) is 17.2 Å². The quantitative estimate of drug-likeness (QED) is 0.490. The zero-order valence-electron chi connectivity index (χ0n) is 7.07. The van der Waals surface area contributed by atoms with E-state index in [0.29, 0.717) is 5.03 Å². The van der Waals surface area contributed by atoms with Crippen molar-refractivity contribution in [2.45, 2.75) is 20.8 Å². The van der Waals surface area contributed by atoms with Crippen LogP contribution in [0, 0.1) is 0 Å². The second-order valence-electron chi connectivity index (χ2n) is 2.60. The second-order valence-corrected chi connectivity index (χ2v) is 7.81. The molecular weight excluding hydrogens is 237 g/mol. The van der Waals surface area contributed by atoms with E-state index in [1.54, 1.807) is 0 Å². The Kier molecular flexibility index (Phi) is 4.94. The van der Waals surface area contributed by atoms with Crippen LogP contribution >= 0.6 is 39.9 Å². The van der Waals surface area contributed by atoms with Crippen LogP contribution in [-0.2, 0) is 4.57 Å². The molecule has 5 heteroatoms. The predicted molar refractivity (Wildman–Crippen MR) is 57.3 cm³/mol. The van der Waals surface area contributed by atoms with Crippen LogP contribution in [0.3, 0.4) is 0 Å². The summed E-state index contributed by atoms with van der Waals surface area (Å²) in [5, 5.41) is 0.350. The van der Waals surface area contributed by atoms with E-state index in [1.807, 2.05) is 20.8 Å². The zero-order valence-corrected chi connectivity index (χ0v) is 10.2. The van der Waals surface area contributed by atoms with Crippen molar-refractivity contribution in [3.05, 3.63) is 22.0 Å². The third kappa shape index (κ3) is 5.27. The molecule has 0 bridgehead atoms. The molecule has 0 saturated heterocycles. The van der Waals surface area contributed by atoms with Crippen LogP contribution in [0.4, 0.5) is 0 Å². The first-order valence-electron chi connectivity index (χ1n) is 3.26. The minimum Gasteiger partial charge on any atom is -0.285 e. The van der Waals surface area contributed by atoms with E-state index >= 15 is 0 Å². The van der Waals surface area contributed by atoms with Gasteiger partial charge in [-0.05, 0) is 48.8 Å². The van der Waals surface area contributed by atoms with Crippen LogP contribution in [-0.4, -0.2) is 0 Å². The van der Waals surface area contributed by atoms with Gasteiger partial charge in [0.15, 0.2) is 0 Å². The minimum atomic E-state index is -3.20. The summed E-state index contributed by atoms with van der Waals surface area (Å²) in [6.07, 6.45) is 0. The average molecular weight is 247 g/mol. The Morgan fingerprint density at radius 3 is 1.92 bits per heavy atom. The molecule has 0 fully saturated rings. The molecule has 0 aromatic heterocycles. The third-order valence-electron chi connectivity index (χ3n) is 1.37. The van der Waals surface area contributed by atoms with Gasteiger partial charge in [0.1, 0.15) is 0 Å². The third-order valence-corrected chi connectivity index (χ3v) is 3.06. The van der Waals surface area contributed by atoms with Crippen molar-refractivity contribution in [3.8, 4) is 0 Å². The van der Waals surface area contributed by atoms with Crippen LogP contribution in [0.15, 0.2) is 22.0 Å². The van der Waals surface area contributed by atoms with Crippen molar-refractivity contribution in [2.75, 3.05) is 0 Å². The molecule has 70 valence electrons. The molecule has 0 unspecified atom stereocenters. The molecule has 0 radical (unpaired) electrons. The molecule has 0 aliphatic carbocycles. The Morgan fingerprint density at radius 1 is 1.25 bits per heavy atom. The van der Waals surface area contributed by atoms with Crippen LogP contribution < -0.4 is 0 Å². The van der Waals surface area contributed by atoms with Crippen molar-refractivity contribution in [1.29, 1.82) is 0 Å². The number of hydrogen-bond acceptors (Lipinski definition) is 1. The zero-order chi connectivity index (χ0) is 9.94. The van der Waals surface area contributed by atoms with Gasteiger partial charge in [0.05, 0.1) is 0 Å². The fourth-order valence-corrected chi connectivity index (χ4v) is 2.41. The first kappa shape index (κ1) is 12.6. The highest BCUT2D eigenvalue weighted by Crippen LogP contribution is 2.59. The monoisotopic (exact) mass is 246 g/mol. The first-order chi connectivity index (χ1) is 5.24. The summed E-state index contributed by atoms with van der Waals surface area (Å²) in [4.78, 5) is 0. The average Bonchev–Trinajstić information content (AvgIpc) is 1.82. The molecular formula is C7H10Cl3OP. The van der Waals surface area contributed by atoms with E-state index in [-0.39, 0.29) is 0 Å². The van der Waals surface area contributed by atoms with Crippen molar-refractivity contribution in [3.63, 3.8) is 0 Å². The summed E-state index contributed by atoms with van der Waals surface area (Å²) >= 11 is 16.4. The number of hydrogen-bond donors (Lipinski definition) is 0. The van der Waals surface area contributed by atoms with Gasteiger partial charge < -0.3 is 0 Å². The van der Waals surface area contributed by atoms with Crippen molar-refractivity contribution in [2.24, 2.45) is 0 Å². The largest absolute Gasteiger partial charge is 0.285 e. The molecule has 0 aliphatic heterocycles. The molecule has 0 spiro atoms. The molecule has 0 aliphatic rings. The normalized spacial score (nSPS) is 13.0. The van der Waals surface area contributed by atoms with Crippen LogP contribution in [0.2, 0.25) is 0 Å².